The van der Waals surface area contributed by atoms with Gasteiger partial charge in [-0.25, -0.2) is 21.1 Å². The Morgan fingerprint density at radius 1 is 1.21 bits per heavy atom. The molecule has 2 rings (SSSR count). The molecule has 8 heteroatoms. The van der Waals surface area contributed by atoms with Gasteiger partial charge in [0.1, 0.15) is 9.84 Å². The molecule has 0 N–H and O–H groups in total. The fourth-order valence-electron chi connectivity index (χ4n) is 2.69. The molecule has 2 fully saturated rings. The van der Waals surface area contributed by atoms with Crippen molar-refractivity contribution in [3.05, 3.63) is 0 Å². The molecule has 19 heavy (non-hydrogen) atoms. The maximum atomic E-state index is 12.4. The molecule has 5 nitrogen and oxygen atoms in total. The number of alkyl halides is 1. The lowest BCUT2D eigenvalue weighted by Crippen LogP contribution is -2.44. The minimum absolute atomic E-state index is 0.0160. The molecule has 0 aromatic carbocycles. The van der Waals surface area contributed by atoms with Crippen LogP contribution in [-0.2, 0) is 19.9 Å². The van der Waals surface area contributed by atoms with E-state index in [-0.39, 0.29) is 29.7 Å². The van der Waals surface area contributed by atoms with Gasteiger partial charge in [0, 0.05) is 19.0 Å². The van der Waals surface area contributed by atoms with Crippen LogP contribution < -0.4 is 0 Å². The van der Waals surface area contributed by atoms with Crippen molar-refractivity contribution in [1.82, 2.24) is 4.31 Å². The summed E-state index contributed by atoms with van der Waals surface area (Å²) in [7, 11) is -4.82. The third kappa shape index (κ3) is 3.62. The summed E-state index contributed by atoms with van der Waals surface area (Å²) in [5.41, 5.74) is 0. The second-order valence-electron chi connectivity index (χ2n) is 5.61. The Morgan fingerprint density at radius 3 is 2.21 bits per heavy atom. The Kier molecular flexibility index (Phi) is 4.50. The van der Waals surface area contributed by atoms with Gasteiger partial charge in [-0.1, -0.05) is 0 Å². The van der Waals surface area contributed by atoms with Crippen molar-refractivity contribution in [2.75, 3.05) is 25.1 Å². The summed E-state index contributed by atoms with van der Waals surface area (Å²) in [6.07, 6.45) is 2.16. The average Bonchev–Trinajstić information content (AvgIpc) is 2.26. The zero-order valence-electron chi connectivity index (χ0n) is 11.0. The molecule has 0 aromatic heterocycles. The van der Waals surface area contributed by atoms with Crippen LogP contribution in [0.1, 0.15) is 25.7 Å². The van der Waals surface area contributed by atoms with E-state index in [0.717, 1.165) is 12.8 Å². The zero-order valence-corrected chi connectivity index (χ0v) is 13.3. The van der Waals surface area contributed by atoms with E-state index < -0.39 is 25.1 Å². The quantitative estimate of drug-likeness (QED) is 0.717. The number of nitrogens with zero attached hydrogens (tertiary/aromatic N) is 1. The third-order valence-corrected chi connectivity index (χ3v) is 8.45. The number of sulfone groups is 1. The Balaban J connectivity index is 1.94. The highest BCUT2D eigenvalue weighted by atomic mass is 35.5. The molecule has 2 aliphatic rings. The molecule has 112 valence electrons. The molecule has 0 atom stereocenters. The minimum Gasteiger partial charge on any atom is -0.229 e. The molecule has 1 saturated heterocycles. The average molecular weight is 330 g/mol. The molecule has 0 unspecified atom stereocenters. The highest BCUT2D eigenvalue weighted by Gasteiger charge is 2.37. The van der Waals surface area contributed by atoms with E-state index >= 15 is 0 Å². The van der Waals surface area contributed by atoms with Crippen LogP contribution in [0.2, 0.25) is 0 Å². The zero-order chi connectivity index (χ0) is 14.3. The van der Waals surface area contributed by atoms with Gasteiger partial charge in [0.25, 0.3) is 0 Å². The first-order chi connectivity index (χ1) is 8.71. The highest BCUT2D eigenvalue weighted by molar-refractivity contribution is 7.92. The lowest BCUT2D eigenvalue weighted by Gasteiger charge is -2.35. The number of hydrogen-bond donors (Lipinski definition) is 0. The fraction of sp³-hybridized carbons (Fsp3) is 1.00. The van der Waals surface area contributed by atoms with Crippen LogP contribution in [0.5, 0.6) is 0 Å². The fourth-order valence-corrected chi connectivity index (χ4v) is 6.74. The van der Waals surface area contributed by atoms with Gasteiger partial charge in [-0.2, -0.15) is 0 Å². The van der Waals surface area contributed by atoms with Crippen LogP contribution in [0, 0.1) is 5.92 Å². The molecule has 1 aliphatic heterocycles. The van der Waals surface area contributed by atoms with Gasteiger partial charge in [0.2, 0.25) is 10.0 Å². The summed E-state index contributed by atoms with van der Waals surface area (Å²) in [5, 5.41) is -0.367. The molecule has 0 spiro atoms. The van der Waals surface area contributed by atoms with Crippen LogP contribution in [0.3, 0.4) is 0 Å². The molecule has 1 saturated carbocycles. The standard InChI is InChI=1S/C11H20ClNO4S2/c1-13(8-9-6-10(12)7-9)19(16,17)11-2-4-18(14,15)5-3-11/h9-11H,2-8H2,1H3. The first kappa shape index (κ1) is 15.5. The second-order valence-corrected chi connectivity index (χ2v) is 10.9. The van der Waals surface area contributed by atoms with Crippen LogP contribution in [0.4, 0.5) is 0 Å². The number of halogens is 1. The number of hydrogen-bond acceptors (Lipinski definition) is 4. The van der Waals surface area contributed by atoms with Crippen molar-refractivity contribution >= 4 is 31.5 Å². The molecule has 0 amide bonds. The van der Waals surface area contributed by atoms with Crippen molar-refractivity contribution in [1.29, 1.82) is 0 Å². The van der Waals surface area contributed by atoms with Crippen molar-refractivity contribution in [3.8, 4) is 0 Å². The normalized spacial score (nSPS) is 32.2. The van der Waals surface area contributed by atoms with E-state index in [9.17, 15) is 16.8 Å². The van der Waals surface area contributed by atoms with Gasteiger partial charge >= 0.3 is 0 Å². The number of rotatable bonds is 4. The molecular weight excluding hydrogens is 310 g/mol. The van der Waals surface area contributed by atoms with Gasteiger partial charge < -0.3 is 0 Å². The largest absolute Gasteiger partial charge is 0.229 e. The first-order valence-corrected chi connectivity index (χ1v) is 10.3. The summed E-state index contributed by atoms with van der Waals surface area (Å²) >= 11 is 5.89. The van der Waals surface area contributed by atoms with E-state index in [0.29, 0.717) is 12.5 Å². The Labute approximate surface area is 120 Å². The number of sulfonamides is 1. The monoisotopic (exact) mass is 329 g/mol. The van der Waals surface area contributed by atoms with Gasteiger partial charge in [-0.05, 0) is 31.6 Å². The van der Waals surface area contributed by atoms with Gasteiger partial charge in [0.15, 0.2) is 0 Å². The van der Waals surface area contributed by atoms with Crippen LogP contribution >= 0.6 is 11.6 Å². The predicted molar refractivity (Wildman–Crippen MR) is 75.6 cm³/mol. The van der Waals surface area contributed by atoms with E-state index in [1.54, 1.807) is 7.05 Å². The lowest BCUT2D eigenvalue weighted by atomic mass is 9.85. The summed E-state index contributed by atoms with van der Waals surface area (Å²) < 4.78 is 48.8. The van der Waals surface area contributed by atoms with Gasteiger partial charge in [0.05, 0.1) is 16.8 Å². The van der Waals surface area contributed by atoms with E-state index in [1.165, 1.54) is 4.31 Å². The topological polar surface area (TPSA) is 71.5 Å². The Bertz CT molecular complexity index is 511. The van der Waals surface area contributed by atoms with Gasteiger partial charge in [-0.15, -0.1) is 11.6 Å². The SMILES string of the molecule is CN(CC1CC(Cl)C1)S(=O)(=O)C1CCS(=O)(=O)CC1. The smallest absolute Gasteiger partial charge is 0.216 e. The molecular formula is C11H20ClNO4S2. The lowest BCUT2D eigenvalue weighted by molar-refractivity contribution is 0.267. The van der Waals surface area contributed by atoms with E-state index in [2.05, 4.69) is 0 Å². The van der Waals surface area contributed by atoms with Crippen LogP contribution in [0.25, 0.3) is 0 Å². The molecule has 0 bridgehead atoms. The summed E-state index contributed by atoms with van der Waals surface area (Å²) in [5.74, 6) is 0.310. The van der Waals surface area contributed by atoms with Gasteiger partial charge in [-0.3, -0.25) is 0 Å². The van der Waals surface area contributed by atoms with E-state index in [1.807, 2.05) is 0 Å². The summed E-state index contributed by atoms with van der Waals surface area (Å²) in [6, 6.07) is 0. The minimum atomic E-state index is -3.38. The third-order valence-electron chi connectivity index (χ3n) is 4.05. The molecule has 1 heterocycles. The molecule has 1 aliphatic carbocycles. The highest BCUT2D eigenvalue weighted by Crippen LogP contribution is 2.33. The van der Waals surface area contributed by atoms with Crippen molar-refractivity contribution < 1.29 is 16.8 Å². The van der Waals surface area contributed by atoms with E-state index in [4.69, 9.17) is 11.6 Å². The Hall–Kier alpha value is 0.150. The summed E-state index contributed by atoms with van der Waals surface area (Å²) in [6.45, 7) is 0.495. The Morgan fingerprint density at radius 2 is 1.74 bits per heavy atom. The summed E-state index contributed by atoms with van der Waals surface area (Å²) in [4.78, 5) is 0. The molecule has 0 radical (unpaired) electrons. The second kappa shape index (κ2) is 5.50. The van der Waals surface area contributed by atoms with Crippen LogP contribution in [-0.4, -0.2) is 56.9 Å². The van der Waals surface area contributed by atoms with Crippen molar-refractivity contribution in [3.63, 3.8) is 0 Å². The van der Waals surface area contributed by atoms with Crippen molar-refractivity contribution in [2.24, 2.45) is 5.92 Å². The maximum Gasteiger partial charge on any atom is 0.216 e. The predicted octanol–water partition coefficient (Wildman–Crippen LogP) is 0.843. The molecule has 0 aromatic rings. The first-order valence-electron chi connectivity index (χ1n) is 6.50. The van der Waals surface area contributed by atoms with Crippen LogP contribution in [0.15, 0.2) is 0 Å². The maximum absolute atomic E-state index is 12.4. The van der Waals surface area contributed by atoms with Crippen molar-refractivity contribution in [2.45, 2.75) is 36.3 Å².